The molecule has 0 bridgehead atoms. The van der Waals surface area contributed by atoms with E-state index in [1.54, 1.807) is 0 Å². The van der Waals surface area contributed by atoms with Crippen molar-refractivity contribution in [3.05, 3.63) is 39.9 Å². The van der Waals surface area contributed by atoms with Gasteiger partial charge in [-0.15, -0.1) is 0 Å². The molecule has 104 valence electrons. The number of nitro benzene ring substituents is 1. The standard InChI is InChI=1S/C9H6F3NO5S/c10-9(11,12)19(17,18)5-8(14)6-1-3-7(4-2-6)13(15)16/h1-4H,5H2. The number of non-ortho nitro benzene ring substituents is 1. The zero-order valence-electron chi connectivity index (χ0n) is 9.05. The molecule has 0 atom stereocenters. The predicted molar refractivity (Wildman–Crippen MR) is 57.3 cm³/mol. The molecule has 0 saturated carbocycles. The molecular weight excluding hydrogens is 291 g/mol. The Balaban J connectivity index is 2.94. The second-order valence-corrected chi connectivity index (χ2v) is 5.41. The zero-order valence-corrected chi connectivity index (χ0v) is 9.86. The first-order valence-corrected chi connectivity index (χ1v) is 6.26. The Morgan fingerprint density at radius 1 is 1.21 bits per heavy atom. The summed E-state index contributed by atoms with van der Waals surface area (Å²) < 4.78 is 57.7. The molecule has 0 unspecified atom stereocenters. The van der Waals surface area contributed by atoms with Crippen LogP contribution in [0.4, 0.5) is 18.9 Å². The molecule has 19 heavy (non-hydrogen) atoms. The van der Waals surface area contributed by atoms with Gasteiger partial charge < -0.3 is 0 Å². The first-order chi connectivity index (χ1) is 8.54. The summed E-state index contributed by atoms with van der Waals surface area (Å²) in [4.78, 5) is 20.9. The molecule has 0 aliphatic rings. The topological polar surface area (TPSA) is 94.3 Å². The van der Waals surface area contributed by atoms with Gasteiger partial charge in [0.25, 0.3) is 15.5 Å². The number of rotatable bonds is 4. The summed E-state index contributed by atoms with van der Waals surface area (Å²) in [5.41, 5.74) is -6.22. The lowest BCUT2D eigenvalue weighted by molar-refractivity contribution is -0.384. The summed E-state index contributed by atoms with van der Waals surface area (Å²) in [7, 11) is -5.55. The molecule has 0 N–H and O–H groups in total. The quantitative estimate of drug-likeness (QED) is 0.479. The Kier molecular flexibility index (Phi) is 3.94. The number of nitrogens with zero attached hydrogens (tertiary/aromatic N) is 1. The predicted octanol–water partition coefficient (Wildman–Crippen LogP) is 1.71. The first kappa shape index (κ1) is 15.1. The highest BCUT2D eigenvalue weighted by atomic mass is 32.2. The third kappa shape index (κ3) is 3.50. The molecule has 0 aromatic heterocycles. The van der Waals surface area contributed by atoms with Gasteiger partial charge in [-0.25, -0.2) is 8.42 Å². The highest BCUT2D eigenvalue weighted by Crippen LogP contribution is 2.24. The number of alkyl halides is 3. The van der Waals surface area contributed by atoms with Crippen molar-refractivity contribution in [1.82, 2.24) is 0 Å². The molecule has 0 aliphatic carbocycles. The van der Waals surface area contributed by atoms with E-state index in [1.807, 2.05) is 0 Å². The van der Waals surface area contributed by atoms with Gasteiger partial charge in [0.1, 0.15) is 5.75 Å². The number of carbonyl (C=O) groups excluding carboxylic acids is 1. The molecule has 0 aliphatic heterocycles. The van der Waals surface area contributed by atoms with Crippen LogP contribution in [0.15, 0.2) is 24.3 Å². The lowest BCUT2D eigenvalue weighted by Crippen LogP contribution is -2.30. The molecule has 1 aromatic carbocycles. The maximum absolute atomic E-state index is 12.0. The number of ketones is 1. The number of sulfone groups is 1. The van der Waals surface area contributed by atoms with Crippen LogP contribution in [0.2, 0.25) is 0 Å². The van der Waals surface area contributed by atoms with E-state index in [-0.39, 0.29) is 11.3 Å². The first-order valence-electron chi connectivity index (χ1n) is 4.61. The summed E-state index contributed by atoms with van der Waals surface area (Å²) in [6.07, 6.45) is 0. The minimum atomic E-state index is -5.55. The third-order valence-corrected chi connectivity index (χ3v) is 3.42. The molecule has 10 heteroatoms. The number of benzene rings is 1. The largest absolute Gasteiger partial charge is 0.497 e. The fourth-order valence-electron chi connectivity index (χ4n) is 1.11. The molecule has 0 fully saturated rings. The van der Waals surface area contributed by atoms with E-state index in [0.717, 1.165) is 24.3 Å². The maximum atomic E-state index is 12.0. The Hall–Kier alpha value is -1.97. The van der Waals surface area contributed by atoms with E-state index >= 15 is 0 Å². The summed E-state index contributed by atoms with van der Waals surface area (Å²) in [6, 6.07) is 3.58. The third-order valence-electron chi connectivity index (χ3n) is 2.07. The monoisotopic (exact) mass is 297 g/mol. The lowest BCUT2D eigenvalue weighted by Gasteiger charge is -2.06. The van der Waals surface area contributed by atoms with Gasteiger partial charge in [0.05, 0.1) is 4.92 Å². The zero-order chi connectivity index (χ0) is 14.8. The summed E-state index contributed by atoms with van der Waals surface area (Å²) in [5, 5.41) is 10.3. The number of halogens is 3. The SMILES string of the molecule is O=C(CS(=O)(=O)C(F)(F)F)c1ccc([N+](=O)[O-])cc1. The molecule has 0 heterocycles. The van der Waals surface area contributed by atoms with E-state index in [1.165, 1.54) is 0 Å². The molecule has 0 saturated heterocycles. The number of nitro groups is 1. The Morgan fingerprint density at radius 3 is 2.05 bits per heavy atom. The molecule has 1 rings (SSSR count). The van der Waals surface area contributed by atoms with Crippen LogP contribution in [0.3, 0.4) is 0 Å². The van der Waals surface area contributed by atoms with Crippen LogP contribution >= 0.6 is 0 Å². The van der Waals surface area contributed by atoms with Gasteiger partial charge >= 0.3 is 5.51 Å². The van der Waals surface area contributed by atoms with Crippen molar-refractivity contribution < 1.29 is 31.3 Å². The smallest absolute Gasteiger partial charge is 0.293 e. The fourth-order valence-corrected chi connectivity index (χ4v) is 1.78. The molecule has 6 nitrogen and oxygen atoms in total. The van der Waals surface area contributed by atoms with Crippen molar-refractivity contribution in [3.63, 3.8) is 0 Å². The van der Waals surface area contributed by atoms with Crippen LogP contribution in [-0.4, -0.2) is 30.4 Å². The second kappa shape index (κ2) is 4.96. The number of Topliss-reactive ketones (excluding diaryl/α,β-unsaturated/α-hetero) is 1. The Morgan fingerprint density at radius 2 is 1.68 bits per heavy atom. The van der Waals surface area contributed by atoms with Crippen LogP contribution < -0.4 is 0 Å². The maximum Gasteiger partial charge on any atom is 0.497 e. The van der Waals surface area contributed by atoms with Crippen molar-refractivity contribution in [2.45, 2.75) is 5.51 Å². The van der Waals surface area contributed by atoms with Gasteiger partial charge in [-0.1, -0.05) is 0 Å². The van der Waals surface area contributed by atoms with Crippen LogP contribution in [0.1, 0.15) is 10.4 Å². The normalized spacial score (nSPS) is 12.2. The van der Waals surface area contributed by atoms with E-state index < -0.39 is 31.8 Å². The van der Waals surface area contributed by atoms with Gasteiger partial charge in [-0.05, 0) is 12.1 Å². The number of hydrogen-bond acceptors (Lipinski definition) is 5. The van der Waals surface area contributed by atoms with Gasteiger partial charge in [0, 0.05) is 17.7 Å². The van der Waals surface area contributed by atoms with Gasteiger partial charge in [-0.3, -0.25) is 14.9 Å². The summed E-state index contributed by atoms with van der Waals surface area (Å²) in [5.74, 6) is -3.01. The van der Waals surface area contributed by atoms with Crippen molar-refractivity contribution >= 4 is 21.3 Å². The van der Waals surface area contributed by atoms with Crippen LogP contribution in [0.25, 0.3) is 0 Å². The van der Waals surface area contributed by atoms with Gasteiger partial charge in [0.15, 0.2) is 5.78 Å². The molecule has 1 aromatic rings. The highest BCUT2D eigenvalue weighted by molar-refractivity contribution is 7.92. The number of hydrogen-bond donors (Lipinski definition) is 0. The lowest BCUT2D eigenvalue weighted by atomic mass is 10.1. The van der Waals surface area contributed by atoms with Crippen molar-refractivity contribution in [1.29, 1.82) is 0 Å². The van der Waals surface area contributed by atoms with E-state index in [4.69, 9.17) is 0 Å². The average molecular weight is 297 g/mol. The highest BCUT2D eigenvalue weighted by Gasteiger charge is 2.46. The minimum absolute atomic E-state index is 0.349. The van der Waals surface area contributed by atoms with E-state index in [2.05, 4.69) is 0 Å². The Labute approximate surface area is 104 Å². The van der Waals surface area contributed by atoms with Gasteiger partial charge in [-0.2, -0.15) is 13.2 Å². The van der Waals surface area contributed by atoms with Crippen molar-refractivity contribution in [3.8, 4) is 0 Å². The van der Waals surface area contributed by atoms with E-state index in [9.17, 15) is 36.5 Å². The van der Waals surface area contributed by atoms with Crippen LogP contribution in [0.5, 0.6) is 0 Å². The minimum Gasteiger partial charge on any atom is -0.293 e. The summed E-state index contributed by atoms with van der Waals surface area (Å²) >= 11 is 0. The van der Waals surface area contributed by atoms with Crippen molar-refractivity contribution in [2.24, 2.45) is 0 Å². The fraction of sp³-hybridized carbons (Fsp3) is 0.222. The molecular formula is C9H6F3NO5S. The second-order valence-electron chi connectivity index (χ2n) is 3.43. The number of carbonyl (C=O) groups is 1. The molecule has 0 radical (unpaired) electrons. The van der Waals surface area contributed by atoms with Crippen molar-refractivity contribution in [2.75, 3.05) is 5.75 Å². The average Bonchev–Trinajstić information content (AvgIpc) is 2.27. The van der Waals surface area contributed by atoms with E-state index in [0.29, 0.717) is 0 Å². The molecule has 0 spiro atoms. The molecule has 0 amide bonds. The summed E-state index contributed by atoms with van der Waals surface area (Å²) in [6.45, 7) is 0. The Bertz CT molecular complexity index is 606. The van der Waals surface area contributed by atoms with Crippen LogP contribution in [0, 0.1) is 10.1 Å². The van der Waals surface area contributed by atoms with Gasteiger partial charge in [0.2, 0.25) is 0 Å². The van der Waals surface area contributed by atoms with Crippen LogP contribution in [-0.2, 0) is 9.84 Å².